The summed E-state index contributed by atoms with van der Waals surface area (Å²) in [5, 5.41) is 1.05. The molecule has 0 spiro atoms. The van der Waals surface area contributed by atoms with Gasteiger partial charge in [0.25, 0.3) is 0 Å². The third-order valence-electron chi connectivity index (χ3n) is 2.64. The maximum atomic E-state index is 13.5. The maximum absolute atomic E-state index is 13.5. The molecule has 0 saturated heterocycles. The molecule has 0 aliphatic carbocycles. The van der Waals surface area contributed by atoms with Gasteiger partial charge in [-0.05, 0) is 24.3 Å². The molecule has 0 atom stereocenters. The van der Waals surface area contributed by atoms with Crippen molar-refractivity contribution in [3.05, 3.63) is 63.9 Å². The van der Waals surface area contributed by atoms with E-state index in [1.807, 2.05) is 0 Å². The molecule has 0 fully saturated rings. The van der Waals surface area contributed by atoms with E-state index in [9.17, 15) is 13.2 Å². The molecule has 2 aromatic rings. The van der Waals surface area contributed by atoms with Crippen LogP contribution in [0.15, 0.2) is 30.3 Å². The van der Waals surface area contributed by atoms with E-state index in [-0.39, 0.29) is 12.2 Å². The van der Waals surface area contributed by atoms with Crippen molar-refractivity contribution in [3.63, 3.8) is 0 Å². The predicted octanol–water partition coefficient (Wildman–Crippen LogP) is 5.23. The van der Waals surface area contributed by atoms with E-state index in [2.05, 4.69) is 15.9 Å². The molecule has 6 heteroatoms. The predicted molar refractivity (Wildman–Crippen MR) is 74.7 cm³/mol. The fourth-order valence-corrected chi connectivity index (χ4v) is 2.26. The Morgan fingerprint density at radius 3 is 2.35 bits per heavy atom. The van der Waals surface area contributed by atoms with Gasteiger partial charge < -0.3 is 4.74 Å². The van der Waals surface area contributed by atoms with E-state index in [4.69, 9.17) is 16.3 Å². The zero-order valence-electron chi connectivity index (χ0n) is 10.1. The van der Waals surface area contributed by atoms with Crippen LogP contribution in [0.1, 0.15) is 11.1 Å². The summed E-state index contributed by atoms with van der Waals surface area (Å²) in [5.41, 5.74) is 0.722. The summed E-state index contributed by atoms with van der Waals surface area (Å²) in [6.07, 6.45) is 0. The molecule has 0 aromatic heterocycles. The van der Waals surface area contributed by atoms with Crippen LogP contribution in [0.5, 0.6) is 5.75 Å². The summed E-state index contributed by atoms with van der Waals surface area (Å²) in [5.74, 6) is -2.69. The number of hydrogen-bond acceptors (Lipinski definition) is 1. The van der Waals surface area contributed by atoms with Crippen LogP contribution in [0, 0.1) is 17.5 Å². The molecule has 0 N–H and O–H groups in total. The van der Waals surface area contributed by atoms with Crippen molar-refractivity contribution in [1.29, 1.82) is 0 Å². The quantitative estimate of drug-likeness (QED) is 0.532. The van der Waals surface area contributed by atoms with Gasteiger partial charge in [0.15, 0.2) is 11.6 Å². The van der Waals surface area contributed by atoms with Crippen molar-refractivity contribution in [2.45, 2.75) is 11.9 Å². The Morgan fingerprint density at radius 2 is 1.65 bits per heavy atom. The number of ether oxygens (including phenoxy) is 1. The second-order valence-corrected chi connectivity index (χ2v) is 5.03. The highest BCUT2D eigenvalue weighted by atomic mass is 79.9. The molecule has 1 nitrogen and oxygen atoms in total. The van der Waals surface area contributed by atoms with Crippen LogP contribution in [0.3, 0.4) is 0 Å². The van der Waals surface area contributed by atoms with Gasteiger partial charge >= 0.3 is 0 Å². The Morgan fingerprint density at radius 1 is 0.950 bits per heavy atom. The Balaban J connectivity index is 2.19. The van der Waals surface area contributed by atoms with Gasteiger partial charge in [-0.1, -0.05) is 27.5 Å². The molecule has 0 unspecified atom stereocenters. The highest BCUT2D eigenvalue weighted by Crippen LogP contribution is 2.26. The smallest absolute Gasteiger partial charge is 0.161 e. The first-order valence-corrected chi connectivity index (χ1v) is 7.12. The van der Waals surface area contributed by atoms with Crippen molar-refractivity contribution in [2.24, 2.45) is 0 Å². The number of alkyl halides is 1. The average Bonchev–Trinajstić information content (AvgIpc) is 2.42. The van der Waals surface area contributed by atoms with Crippen molar-refractivity contribution in [1.82, 2.24) is 0 Å². The topological polar surface area (TPSA) is 9.23 Å². The number of halogens is 5. The van der Waals surface area contributed by atoms with E-state index in [0.717, 1.165) is 11.6 Å². The first-order valence-electron chi connectivity index (χ1n) is 5.62. The number of benzene rings is 2. The minimum Gasteiger partial charge on any atom is -0.488 e. The van der Waals surface area contributed by atoms with Crippen LogP contribution >= 0.6 is 27.5 Å². The number of rotatable bonds is 4. The molecule has 2 aromatic carbocycles. The molecule has 0 aliphatic heterocycles. The van der Waals surface area contributed by atoms with Crippen LogP contribution in [0.2, 0.25) is 5.02 Å². The lowest BCUT2D eigenvalue weighted by Gasteiger charge is -2.11. The second-order valence-electron chi connectivity index (χ2n) is 4.03. The van der Waals surface area contributed by atoms with Gasteiger partial charge in [-0.2, -0.15) is 0 Å². The van der Waals surface area contributed by atoms with Crippen molar-refractivity contribution in [3.8, 4) is 5.75 Å². The van der Waals surface area contributed by atoms with Gasteiger partial charge in [0, 0.05) is 27.5 Å². The van der Waals surface area contributed by atoms with Gasteiger partial charge in [-0.3, -0.25) is 0 Å². The highest BCUT2D eigenvalue weighted by Gasteiger charge is 2.11. The van der Waals surface area contributed by atoms with E-state index >= 15 is 0 Å². The molecule has 20 heavy (non-hydrogen) atoms. The van der Waals surface area contributed by atoms with Crippen LogP contribution < -0.4 is 4.74 Å². The van der Waals surface area contributed by atoms with E-state index in [0.29, 0.717) is 22.2 Å². The minimum atomic E-state index is -1.22. The van der Waals surface area contributed by atoms with Gasteiger partial charge in [-0.25, -0.2) is 13.2 Å². The Labute approximate surface area is 127 Å². The van der Waals surface area contributed by atoms with E-state index < -0.39 is 17.5 Å². The molecule has 0 heterocycles. The van der Waals surface area contributed by atoms with E-state index in [1.165, 1.54) is 0 Å². The maximum Gasteiger partial charge on any atom is 0.161 e. The Kier molecular flexibility index (Phi) is 4.94. The molecular formula is C14H9BrClF3O. The standard InChI is InChI=1S/C14H9BrClF3O/c15-6-8-3-10(16)1-2-14(8)20-7-9-4-12(18)13(19)5-11(9)17/h1-5H,6-7H2. The third-order valence-corrected chi connectivity index (χ3v) is 3.48. The second kappa shape index (κ2) is 6.50. The van der Waals surface area contributed by atoms with Gasteiger partial charge in [0.2, 0.25) is 0 Å². The molecule has 106 valence electrons. The lowest BCUT2D eigenvalue weighted by atomic mass is 10.2. The Hall–Kier alpha value is -1.20. The summed E-state index contributed by atoms with van der Waals surface area (Å²) >= 11 is 9.13. The number of hydrogen-bond donors (Lipinski definition) is 0. The fraction of sp³-hybridized carbons (Fsp3) is 0.143. The van der Waals surface area contributed by atoms with Crippen LogP contribution in [-0.4, -0.2) is 0 Å². The molecule has 0 aliphatic rings. The van der Waals surface area contributed by atoms with Crippen molar-refractivity contribution in [2.75, 3.05) is 0 Å². The molecule has 0 bridgehead atoms. The zero-order chi connectivity index (χ0) is 14.7. The zero-order valence-corrected chi connectivity index (χ0v) is 12.4. The van der Waals surface area contributed by atoms with Gasteiger partial charge in [-0.15, -0.1) is 0 Å². The third kappa shape index (κ3) is 3.46. The van der Waals surface area contributed by atoms with Gasteiger partial charge in [0.1, 0.15) is 18.2 Å². The van der Waals surface area contributed by atoms with E-state index in [1.54, 1.807) is 18.2 Å². The summed E-state index contributed by atoms with van der Waals surface area (Å²) in [7, 11) is 0. The summed E-state index contributed by atoms with van der Waals surface area (Å²) in [6, 6.07) is 6.25. The molecule has 0 amide bonds. The Bertz CT molecular complexity index is 634. The SMILES string of the molecule is Fc1cc(F)c(COc2ccc(Cl)cc2CBr)cc1F. The lowest BCUT2D eigenvalue weighted by molar-refractivity contribution is 0.296. The summed E-state index contributed by atoms with van der Waals surface area (Å²) in [6.45, 7) is -0.204. The molecule has 2 rings (SSSR count). The largest absolute Gasteiger partial charge is 0.488 e. The molecular weight excluding hydrogens is 357 g/mol. The first kappa shape index (κ1) is 15.2. The van der Waals surface area contributed by atoms with Crippen molar-refractivity contribution >= 4 is 27.5 Å². The molecule has 0 radical (unpaired) electrons. The van der Waals surface area contributed by atoms with Crippen LogP contribution in [0.25, 0.3) is 0 Å². The fourth-order valence-electron chi connectivity index (χ4n) is 1.62. The summed E-state index contributed by atoms with van der Waals surface area (Å²) < 4.78 is 44.8. The van der Waals surface area contributed by atoms with Gasteiger partial charge in [0.05, 0.1) is 0 Å². The monoisotopic (exact) mass is 364 g/mol. The normalized spacial score (nSPS) is 10.7. The van der Waals surface area contributed by atoms with Crippen molar-refractivity contribution < 1.29 is 17.9 Å². The average molecular weight is 366 g/mol. The lowest BCUT2D eigenvalue weighted by Crippen LogP contribution is -2.02. The minimum absolute atomic E-state index is 0.0561. The molecule has 0 saturated carbocycles. The summed E-state index contributed by atoms with van der Waals surface area (Å²) in [4.78, 5) is 0. The van der Waals surface area contributed by atoms with Crippen LogP contribution in [-0.2, 0) is 11.9 Å². The highest BCUT2D eigenvalue weighted by molar-refractivity contribution is 9.08. The van der Waals surface area contributed by atoms with Crippen LogP contribution in [0.4, 0.5) is 13.2 Å². The first-order chi connectivity index (χ1) is 9.51.